The maximum atomic E-state index is 9.80. The first kappa shape index (κ1) is 8.17. The average molecular weight is 185 g/mol. The molecule has 0 amide bonds. The molecule has 3 fully saturated rings. The van der Waals surface area contributed by atoms with Gasteiger partial charge in [-0.05, 0) is 6.42 Å². The SMILES string of the molecule is N[C@@H]1[C@@H]2C[C@@]3(CO)CO[C@@H]([C@@H]2O)[C@@H]13. The Morgan fingerprint density at radius 2 is 2.31 bits per heavy atom. The highest BCUT2D eigenvalue weighted by atomic mass is 16.5. The van der Waals surface area contributed by atoms with Crippen LogP contribution in [0, 0.1) is 17.3 Å². The van der Waals surface area contributed by atoms with Crippen molar-refractivity contribution < 1.29 is 14.9 Å². The molecule has 4 heteroatoms. The Morgan fingerprint density at radius 1 is 1.54 bits per heavy atom. The average Bonchev–Trinajstić information content (AvgIpc) is 2.66. The normalized spacial score (nSPS) is 63.5. The van der Waals surface area contributed by atoms with E-state index in [1.54, 1.807) is 0 Å². The lowest BCUT2D eigenvalue weighted by molar-refractivity contribution is -0.0112. The van der Waals surface area contributed by atoms with Gasteiger partial charge in [0.25, 0.3) is 0 Å². The number of hydrogen-bond acceptors (Lipinski definition) is 4. The Kier molecular flexibility index (Phi) is 1.42. The third-order valence-electron chi connectivity index (χ3n) is 4.27. The fraction of sp³-hybridized carbons (Fsp3) is 1.00. The van der Waals surface area contributed by atoms with E-state index in [4.69, 9.17) is 10.5 Å². The second kappa shape index (κ2) is 2.25. The van der Waals surface area contributed by atoms with Gasteiger partial charge < -0.3 is 20.7 Å². The molecule has 4 N–H and O–H groups in total. The Balaban J connectivity index is 2.02. The zero-order valence-electron chi connectivity index (χ0n) is 7.39. The molecule has 74 valence electrons. The molecule has 1 aliphatic heterocycles. The summed E-state index contributed by atoms with van der Waals surface area (Å²) in [5.41, 5.74) is 5.87. The third kappa shape index (κ3) is 0.722. The Bertz CT molecular complexity index is 245. The van der Waals surface area contributed by atoms with Crippen LogP contribution in [-0.4, -0.2) is 41.7 Å². The summed E-state index contributed by atoms with van der Waals surface area (Å²) in [7, 11) is 0. The molecule has 0 aromatic heterocycles. The van der Waals surface area contributed by atoms with Gasteiger partial charge in [0.15, 0.2) is 0 Å². The molecular weight excluding hydrogens is 170 g/mol. The smallest absolute Gasteiger partial charge is 0.0887 e. The van der Waals surface area contributed by atoms with E-state index in [1.807, 2.05) is 0 Å². The van der Waals surface area contributed by atoms with Crippen molar-refractivity contribution in [2.24, 2.45) is 23.0 Å². The summed E-state index contributed by atoms with van der Waals surface area (Å²) < 4.78 is 5.52. The molecule has 0 aromatic rings. The predicted octanol–water partition coefficient (Wildman–Crippen LogP) is -1.30. The summed E-state index contributed by atoms with van der Waals surface area (Å²) >= 11 is 0. The van der Waals surface area contributed by atoms with Crippen LogP contribution in [0.25, 0.3) is 0 Å². The minimum absolute atomic E-state index is 0.0228. The van der Waals surface area contributed by atoms with Crippen LogP contribution in [0.15, 0.2) is 0 Å². The summed E-state index contributed by atoms with van der Waals surface area (Å²) in [6.45, 7) is 0.713. The van der Waals surface area contributed by atoms with Crippen molar-refractivity contribution in [2.75, 3.05) is 13.2 Å². The lowest BCUT2D eigenvalue weighted by Crippen LogP contribution is -2.40. The molecule has 0 radical (unpaired) electrons. The highest BCUT2D eigenvalue weighted by molar-refractivity contribution is 5.18. The van der Waals surface area contributed by atoms with E-state index in [0.29, 0.717) is 6.61 Å². The van der Waals surface area contributed by atoms with Crippen LogP contribution >= 0.6 is 0 Å². The molecule has 6 atom stereocenters. The van der Waals surface area contributed by atoms with Crippen molar-refractivity contribution >= 4 is 0 Å². The summed E-state index contributed by atoms with van der Waals surface area (Å²) in [5.74, 6) is 0.321. The van der Waals surface area contributed by atoms with E-state index < -0.39 is 6.10 Å². The fourth-order valence-electron chi connectivity index (χ4n) is 3.62. The first-order valence-corrected chi connectivity index (χ1v) is 4.86. The highest BCUT2D eigenvalue weighted by Gasteiger charge is 2.68. The summed E-state index contributed by atoms with van der Waals surface area (Å²) in [4.78, 5) is 0. The first-order chi connectivity index (χ1) is 6.19. The van der Waals surface area contributed by atoms with Gasteiger partial charge in [-0.2, -0.15) is 0 Å². The van der Waals surface area contributed by atoms with E-state index in [1.165, 1.54) is 0 Å². The number of ether oxygens (including phenoxy) is 1. The lowest BCUT2D eigenvalue weighted by Gasteiger charge is -2.30. The molecule has 3 aliphatic rings. The van der Waals surface area contributed by atoms with Crippen molar-refractivity contribution in [3.8, 4) is 0 Å². The molecule has 2 bridgehead atoms. The van der Waals surface area contributed by atoms with Gasteiger partial charge in [-0.25, -0.2) is 0 Å². The van der Waals surface area contributed by atoms with Crippen LogP contribution in [0.4, 0.5) is 0 Å². The lowest BCUT2D eigenvalue weighted by atomic mass is 9.74. The molecule has 13 heavy (non-hydrogen) atoms. The number of rotatable bonds is 1. The molecule has 2 saturated carbocycles. The van der Waals surface area contributed by atoms with Crippen molar-refractivity contribution in [1.82, 2.24) is 0 Å². The number of hydrogen-bond donors (Lipinski definition) is 3. The van der Waals surface area contributed by atoms with Crippen LogP contribution in [0.5, 0.6) is 0 Å². The second-order valence-corrected chi connectivity index (χ2v) is 4.76. The predicted molar refractivity (Wildman–Crippen MR) is 44.8 cm³/mol. The van der Waals surface area contributed by atoms with E-state index in [9.17, 15) is 10.2 Å². The molecule has 4 nitrogen and oxygen atoms in total. The molecule has 1 heterocycles. The summed E-state index contributed by atoms with van der Waals surface area (Å²) in [6.07, 6.45) is 0.315. The van der Waals surface area contributed by atoms with Crippen LogP contribution < -0.4 is 5.73 Å². The number of aliphatic hydroxyl groups is 2. The van der Waals surface area contributed by atoms with Crippen LogP contribution in [0.3, 0.4) is 0 Å². The molecule has 2 aliphatic carbocycles. The quantitative estimate of drug-likeness (QED) is 0.474. The highest BCUT2D eigenvalue weighted by Crippen LogP contribution is 2.60. The monoisotopic (exact) mass is 185 g/mol. The fourth-order valence-corrected chi connectivity index (χ4v) is 3.62. The van der Waals surface area contributed by atoms with E-state index in [2.05, 4.69) is 0 Å². The molecule has 3 rings (SSSR count). The van der Waals surface area contributed by atoms with Gasteiger partial charge in [-0.3, -0.25) is 0 Å². The van der Waals surface area contributed by atoms with Crippen LogP contribution in [0.2, 0.25) is 0 Å². The zero-order valence-corrected chi connectivity index (χ0v) is 7.39. The molecular formula is C9H15NO3. The van der Waals surface area contributed by atoms with Crippen LogP contribution in [-0.2, 0) is 4.74 Å². The maximum absolute atomic E-state index is 9.80. The molecule has 0 unspecified atom stereocenters. The van der Waals surface area contributed by atoms with E-state index in [-0.39, 0.29) is 36.0 Å². The van der Waals surface area contributed by atoms with Crippen LogP contribution in [0.1, 0.15) is 6.42 Å². The Hall–Kier alpha value is -0.160. The second-order valence-electron chi connectivity index (χ2n) is 4.76. The van der Waals surface area contributed by atoms with Crippen molar-refractivity contribution in [3.05, 3.63) is 0 Å². The van der Waals surface area contributed by atoms with E-state index >= 15 is 0 Å². The van der Waals surface area contributed by atoms with Gasteiger partial charge in [-0.15, -0.1) is 0 Å². The van der Waals surface area contributed by atoms with Crippen molar-refractivity contribution in [2.45, 2.75) is 24.7 Å². The standard InChI is InChI=1S/C9H15NO3/c10-6-4-1-9(2-11)3-13-8(5(6)9)7(4)12/h4-8,11-12H,1-3,10H2/t4-,5+,6+,7+,8+,9+/m0/s1. The summed E-state index contributed by atoms with van der Waals surface area (Å²) in [5, 5.41) is 19.2. The Morgan fingerprint density at radius 3 is 2.92 bits per heavy atom. The topological polar surface area (TPSA) is 75.7 Å². The van der Waals surface area contributed by atoms with Gasteiger partial charge in [0.2, 0.25) is 0 Å². The van der Waals surface area contributed by atoms with Gasteiger partial charge in [0.1, 0.15) is 0 Å². The van der Waals surface area contributed by atoms with Crippen molar-refractivity contribution in [3.63, 3.8) is 0 Å². The summed E-state index contributed by atoms with van der Waals surface area (Å²) in [6, 6.07) is 0.0228. The largest absolute Gasteiger partial charge is 0.396 e. The van der Waals surface area contributed by atoms with Gasteiger partial charge in [0, 0.05) is 23.3 Å². The molecule has 0 aromatic carbocycles. The van der Waals surface area contributed by atoms with Crippen molar-refractivity contribution in [1.29, 1.82) is 0 Å². The first-order valence-electron chi connectivity index (χ1n) is 4.86. The van der Waals surface area contributed by atoms with E-state index in [0.717, 1.165) is 6.42 Å². The number of fused-ring (bicyclic) bond motifs is 1. The number of nitrogens with two attached hydrogens (primary N) is 1. The van der Waals surface area contributed by atoms with Gasteiger partial charge >= 0.3 is 0 Å². The minimum atomic E-state index is -0.401. The maximum Gasteiger partial charge on any atom is 0.0887 e. The molecule has 0 spiro atoms. The van der Waals surface area contributed by atoms with Gasteiger partial charge in [0.05, 0.1) is 25.4 Å². The minimum Gasteiger partial charge on any atom is -0.396 e. The zero-order chi connectivity index (χ0) is 9.22. The number of aliphatic hydroxyl groups excluding tert-OH is 2. The Labute approximate surface area is 76.7 Å². The molecule has 1 saturated heterocycles. The third-order valence-corrected chi connectivity index (χ3v) is 4.27. The van der Waals surface area contributed by atoms with Gasteiger partial charge in [-0.1, -0.05) is 0 Å².